The number of aryl methyl sites for hydroxylation is 1. The Morgan fingerprint density at radius 2 is 1.75 bits per heavy atom. The molecule has 0 fully saturated rings. The molecule has 0 bridgehead atoms. The Hall–Kier alpha value is -2.49. The average Bonchev–Trinajstić information content (AvgIpc) is 2.99. The summed E-state index contributed by atoms with van der Waals surface area (Å²) >= 11 is 0. The van der Waals surface area contributed by atoms with E-state index in [9.17, 15) is 19.4 Å². The van der Waals surface area contributed by atoms with Crippen LogP contribution in [0.15, 0.2) is 60.8 Å². The quantitative estimate of drug-likeness (QED) is 0.594. The second-order valence-corrected chi connectivity index (χ2v) is 6.97. The van der Waals surface area contributed by atoms with Crippen LogP contribution in [0.25, 0.3) is 10.9 Å². The van der Waals surface area contributed by atoms with E-state index in [0.717, 1.165) is 16.5 Å². The molecule has 0 aliphatic rings. The highest BCUT2D eigenvalue weighted by Gasteiger charge is 2.58. The molecular formula is C18H17NO4P+. The number of carbonyl (C=O) groups is 1. The smallest absolute Gasteiger partial charge is 0.477 e. The minimum absolute atomic E-state index is 0.0416. The SMILES string of the molecule is O=C(O)C(CCc1c[nH]c2ccccc12)(c1ccccc1)[P+](=O)O. The van der Waals surface area contributed by atoms with E-state index in [1.54, 1.807) is 30.3 Å². The molecule has 24 heavy (non-hydrogen) atoms. The number of carboxylic acid groups (broad SMARTS) is 1. The molecule has 3 N–H and O–H groups in total. The molecule has 6 heteroatoms. The van der Waals surface area contributed by atoms with E-state index in [2.05, 4.69) is 4.98 Å². The molecule has 0 aliphatic heterocycles. The summed E-state index contributed by atoms with van der Waals surface area (Å²) in [7, 11) is -2.95. The number of hydrogen-bond acceptors (Lipinski definition) is 2. The first-order valence-electron chi connectivity index (χ1n) is 7.56. The predicted molar refractivity (Wildman–Crippen MR) is 92.2 cm³/mol. The van der Waals surface area contributed by atoms with E-state index in [-0.39, 0.29) is 6.42 Å². The van der Waals surface area contributed by atoms with Gasteiger partial charge in [0.15, 0.2) is 0 Å². The van der Waals surface area contributed by atoms with Crippen molar-refractivity contribution in [2.24, 2.45) is 0 Å². The van der Waals surface area contributed by atoms with Crippen LogP contribution in [-0.2, 0) is 20.9 Å². The van der Waals surface area contributed by atoms with Crippen LogP contribution < -0.4 is 0 Å². The average molecular weight is 342 g/mol. The lowest BCUT2D eigenvalue weighted by molar-refractivity contribution is -0.140. The van der Waals surface area contributed by atoms with Gasteiger partial charge in [0, 0.05) is 29.1 Å². The Morgan fingerprint density at radius 3 is 2.42 bits per heavy atom. The van der Waals surface area contributed by atoms with Gasteiger partial charge in [0.05, 0.1) is 0 Å². The van der Waals surface area contributed by atoms with Crippen molar-refractivity contribution in [2.45, 2.75) is 18.0 Å². The monoisotopic (exact) mass is 342 g/mol. The van der Waals surface area contributed by atoms with Crippen molar-refractivity contribution in [1.82, 2.24) is 4.98 Å². The highest BCUT2D eigenvalue weighted by Crippen LogP contribution is 2.48. The first-order chi connectivity index (χ1) is 11.6. The first-order valence-corrected chi connectivity index (χ1v) is 8.77. The Morgan fingerprint density at radius 1 is 1.08 bits per heavy atom. The summed E-state index contributed by atoms with van der Waals surface area (Å²) in [6.45, 7) is 0. The van der Waals surface area contributed by atoms with Crippen molar-refractivity contribution in [3.8, 4) is 0 Å². The largest absolute Gasteiger partial charge is 0.528 e. The zero-order chi connectivity index (χ0) is 17.2. The minimum atomic E-state index is -2.95. The highest BCUT2D eigenvalue weighted by molar-refractivity contribution is 7.41. The maximum atomic E-state index is 12.0. The van der Waals surface area contributed by atoms with E-state index in [1.807, 2.05) is 30.5 Å². The molecule has 0 spiro atoms. The van der Waals surface area contributed by atoms with E-state index in [1.165, 1.54) is 0 Å². The fraction of sp³-hybridized carbons (Fsp3) is 0.167. The van der Waals surface area contributed by atoms with Gasteiger partial charge in [-0.3, -0.25) is 0 Å². The number of fused-ring (bicyclic) bond motifs is 1. The summed E-state index contributed by atoms with van der Waals surface area (Å²) in [4.78, 5) is 24.9. The van der Waals surface area contributed by atoms with Crippen molar-refractivity contribution in [3.05, 3.63) is 71.9 Å². The fourth-order valence-electron chi connectivity index (χ4n) is 3.03. The van der Waals surface area contributed by atoms with Gasteiger partial charge in [-0.05, 0) is 22.6 Å². The van der Waals surface area contributed by atoms with Crippen molar-refractivity contribution in [3.63, 3.8) is 0 Å². The van der Waals surface area contributed by atoms with Crippen LogP contribution in [0.2, 0.25) is 0 Å². The number of rotatable bonds is 6. The van der Waals surface area contributed by atoms with Crippen LogP contribution in [-0.4, -0.2) is 21.0 Å². The molecule has 2 unspecified atom stereocenters. The van der Waals surface area contributed by atoms with E-state index in [4.69, 9.17) is 0 Å². The number of benzene rings is 2. The third-order valence-electron chi connectivity index (χ3n) is 4.36. The summed E-state index contributed by atoms with van der Waals surface area (Å²) in [5, 5.41) is 8.93. The predicted octanol–water partition coefficient (Wildman–Crippen LogP) is 3.82. The third-order valence-corrected chi connectivity index (χ3v) is 5.69. The van der Waals surface area contributed by atoms with Gasteiger partial charge >= 0.3 is 19.2 Å². The molecule has 1 aromatic heterocycles. The summed E-state index contributed by atoms with van der Waals surface area (Å²) in [5.74, 6) is -1.28. The lowest BCUT2D eigenvalue weighted by Gasteiger charge is -2.17. The Kier molecular flexibility index (Phi) is 4.47. The number of carboxylic acids is 1. The van der Waals surface area contributed by atoms with Crippen LogP contribution >= 0.6 is 8.03 Å². The van der Waals surface area contributed by atoms with E-state index < -0.39 is 19.2 Å². The normalized spacial score (nSPS) is 14.3. The fourth-order valence-corrected chi connectivity index (χ4v) is 3.87. The molecule has 3 rings (SSSR count). The van der Waals surface area contributed by atoms with Crippen molar-refractivity contribution < 1.29 is 19.4 Å². The zero-order valence-electron chi connectivity index (χ0n) is 12.8. The van der Waals surface area contributed by atoms with Crippen LogP contribution in [0.4, 0.5) is 0 Å². The Labute approximate surface area is 139 Å². The lowest BCUT2D eigenvalue weighted by Crippen LogP contribution is -2.33. The van der Waals surface area contributed by atoms with Gasteiger partial charge in [-0.15, -0.1) is 0 Å². The third kappa shape index (κ3) is 2.73. The molecule has 2 aromatic carbocycles. The maximum absolute atomic E-state index is 12.0. The van der Waals surface area contributed by atoms with E-state index in [0.29, 0.717) is 12.0 Å². The minimum Gasteiger partial charge on any atom is -0.477 e. The maximum Gasteiger partial charge on any atom is 0.528 e. The molecule has 0 saturated carbocycles. The topological polar surface area (TPSA) is 90.4 Å². The molecule has 122 valence electrons. The van der Waals surface area contributed by atoms with Gasteiger partial charge in [-0.25, -0.2) is 4.79 Å². The van der Waals surface area contributed by atoms with Crippen LogP contribution in [0, 0.1) is 0 Å². The molecule has 3 aromatic rings. The number of aromatic nitrogens is 1. The van der Waals surface area contributed by atoms with Crippen molar-refractivity contribution in [2.75, 3.05) is 0 Å². The van der Waals surface area contributed by atoms with Crippen molar-refractivity contribution >= 4 is 24.9 Å². The second kappa shape index (κ2) is 6.56. The number of aromatic amines is 1. The number of H-pyrrole nitrogens is 1. The molecule has 1 heterocycles. The molecule has 0 radical (unpaired) electrons. The number of hydrogen-bond donors (Lipinski definition) is 3. The first kappa shape index (κ1) is 16.4. The van der Waals surface area contributed by atoms with E-state index >= 15 is 0 Å². The Balaban J connectivity index is 1.99. The van der Waals surface area contributed by atoms with Crippen LogP contribution in [0.3, 0.4) is 0 Å². The van der Waals surface area contributed by atoms with Crippen LogP contribution in [0.5, 0.6) is 0 Å². The van der Waals surface area contributed by atoms with Gasteiger partial charge < -0.3 is 10.1 Å². The summed E-state index contributed by atoms with van der Waals surface area (Å²) in [5.41, 5.74) is 2.24. The summed E-state index contributed by atoms with van der Waals surface area (Å²) in [6.07, 6.45) is 2.25. The van der Waals surface area contributed by atoms with Gasteiger partial charge in [0.1, 0.15) is 0 Å². The highest BCUT2D eigenvalue weighted by atomic mass is 31.1. The molecule has 0 amide bonds. The molecular weight excluding hydrogens is 325 g/mol. The number of nitrogens with one attached hydrogen (secondary N) is 1. The molecule has 2 atom stereocenters. The number of para-hydroxylation sites is 1. The van der Waals surface area contributed by atoms with Crippen LogP contribution in [0.1, 0.15) is 17.5 Å². The standard InChI is InChI=1S/C18H16NO4P/c20-17(21)18(24(22)23,14-6-2-1-3-7-14)11-10-13-12-19-16-9-5-4-8-15(13)16/h1-9,12,19H,10-11H2,(H-,20,21,22,23)/p+1. The van der Waals surface area contributed by atoms with Gasteiger partial charge in [0.2, 0.25) is 0 Å². The zero-order valence-corrected chi connectivity index (χ0v) is 13.7. The van der Waals surface area contributed by atoms with Gasteiger partial charge in [0.25, 0.3) is 0 Å². The number of aliphatic carboxylic acids is 1. The lowest BCUT2D eigenvalue weighted by atomic mass is 9.91. The van der Waals surface area contributed by atoms with Crippen molar-refractivity contribution in [1.29, 1.82) is 0 Å². The second-order valence-electron chi connectivity index (χ2n) is 5.66. The van der Waals surface area contributed by atoms with Gasteiger partial charge in [-0.1, -0.05) is 48.5 Å². The summed E-state index contributed by atoms with van der Waals surface area (Å²) in [6, 6.07) is 16.0. The summed E-state index contributed by atoms with van der Waals surface area (Å²) < 4.78 is 12.0. The Bertz CT molecular complexity index is 874. The molecule has 0 saturated heterocycles. The molecule has 5 nitrogen and oxygen atoms in total. The van der Waals surface area contributed by atoms with Gasteiger partial charge in [-0.2, -0.15) is 4.89 Å². The molecule has 0 aliphatic carbocycles.